The van der Waals surface area contributed by atoms with Crippen LogP contribution in [0.3, 0.4) is 0 Å². The lowest BCUT2D eigenvalue weighted by molar-refractivity contribution is -0.133. The largest absolute Gasteiger partial charge is 0.339 e. The molecule has 82 valence electrons. The molecule has 0 bridgehead atoms. The van der Waals surface area contributed by atoms with Crippen LogP contribution >= 0.6 is 12.6 Å². The summed E-state index contributed by atoms with van der Waals surface area (Å²) in [4.78, 5) is 16.0. The quantitative estimate of drug-likeness (QED) is 0.692. The molecule has 0 spiro atoms. The first-order valence-electron chi connectivity index (χ1n) is 5.23. The summed E-state index contributed by atoms with van der Waals surface area (Å²) in [7, 11) is 2.13. The number of thiol groups is 1. The molecular formula is C10H20N2OS. The van der Waals surface area contributed by atoms with Crippen molar-refractivity contribution in [2.45, 2.75) is 31.6 Å². The van der Waals surface area contributed by atoms with Gasteiger partial charge in [-0.2, -0.15) is 12.6 Å². The Hall–Kier alpha value is -0.220. The first-order valence-corrected chi connectivity index (χ1v) is 5.75. The van der Waals surface area contributed by atoms with E-state index in [4.69, 9.17) is 0 Å². The lowest BCUT2D eigenvalue weighted by Crippen LogP contribution is -2.54. The van der Waals surface area contributed by atoms with Crippen molar-refractivity contribution in [3.8, 4) is 0 Å². The summed E-state index contributed by atoms with van der Waals surface area (Å²) in [6.07, 6.45) is 1.10. The molecule has 0 aromatic rings. The molecule has 0 saturated carbocycles. The number of amides is 1. The predicted octanol–water partition coefficient (Wildman–Crippen LogP) is 0.857. The molecule has 1 fully saturated rings. The van der Waals surface area contributed by atoms with Gasteiger partial charge in [-0.1, -0.05) is 6.92 Å². The van der Waals surface area contributed by atoms with E-state index in [0.717, 1.165) is 26.1 Å². The van der Waals surface area contributed by atoms with Gasteiger partial charge in [-0.05, 0) is 20.4 Å². The molecule has 1 aliphatic rings. The molecule has 2 atom stereocenters. The Morgan fingerprint density at radius 3 is 2.71 bits per heavy atom. The smallest absolute Gasteiger partial charge is 0.235 e. The van der Waals surface area contributed by atoms with Crippen molar-refractivity contribution in [3.63, 3.8) is 0 Å². The van der Waals surface area contributed by atoms with E-state index in [1.54, 1.807) is 0 Å². The van der Waals surface area contributed by atoms with Gasteiger partial charge in [0.15, 0.2) is 0 Å². The molecule has 0 radical (unpaired) electrons. The number of piperazine rings is 1. The van der Waals surface area contributed by atoms with Gasteiger partial charge in [0.05, 0.1) is 5.25 Å². The van der Waals surface area contributed by atoms with Gasteiger partial charge in [-0.15, -0.1) is 0 Å². The van der Waals surface area contributed by atoms with Crippen molar-refractivity contribution in [3.05, 3.63) is 0 Å². The van der Waals surface area contributed by atoms with Crippen LogP contribution in [-0.4, -0.2) is 53.7 Å². The van der Waals surface area contributed by atoms with E-state index in [2.05, 4.69) is 31.5 Å². The van der Waals surface area contributed by atoms with E-state index in [9.17, 15) is 4.79 Å². The van der Waals surface area contributed by atoms with Gasteiger partial charge >= 0.3 is 0 Å². The number of nitrogens with zero attached hydrogens (tertiary/aromatic N) is 2. The van der Waals surface area contributed by atoms with Crippen LogP contribution in [0, 0.1) is 0 Å². The summed E-state index contributed by atoms with van der Waals surface area (Å²) in [6, 6.07) is 0.514. The summed E-state index contributed by atoms with van der Waals surface area (Å²) < 4.78 is 0. The molecule has 0 aromatic heterocycles. The van der Waals surface area contributed by atoms with Crippen LogP contribution in [0.1, 0.15) is 20.3 Å². The Labute approximate surface area is 91.9 Å². The van der Waals surface area contributed by atoms with Crippen LogP contribution in [0.25, 0.3) is 0 Å². The minimum Gasteiger partial charge on any atom is -0.339 e. The number of hydrogen-bond acceptors (Lipinski definition) is 3. The zero-order chi connectivity index (χ0) is 10.7. The number of carbonyl (C=O) groups excluding carboxylic acids is 1. The molecule has 1 aliphatic heterocycles. The summed E-state index contributed by atoms with van der Waals surface area (Å²) in [5.74, 6) is 0.167. The lowest BCUT2D eigenvalue weighted by Gasteiger charge is -2.39. The van der Waals surface area contributed by atoms with Gasteiger partial charge in [0.1, 0.15) is 0 Å². The second kappa shape index (κ2) is 5.03. The maximum absolute atomic E-state index is 11.7. The van der Waals surface area contributed by atoms with Crippen LogP contribution in [-0.2, 0) is 4.79 Å². The van der Waals surface area contributed by atoms with Gasteiger partial charge in [0.2, 0.25) is 5.91 Å². The summed E-state index contributed by atoms with van der Waals surface area (Å²) in [5, 5.41) is -0.170. The zero-order valence-electron chi connectivity index (χ0n) is 9.23. The molecule has 1 amide bonds. The van der Waals surface area contributed by atoms with E-state index >= 15 is 0 Å². The monoisotopic (exact) mass is 216 g/mol. The van der Waals surface area contributed by atoms with Crippen molar-refractivity contribution >= 4 is 18.5 Å². The van der Waals surface area contributed by atoms with Crippen LogP contribution in [0.2, 0.25) is 0 Å². The maximum Gasteiger partial charge on any atom is 0.235 e. The van der Waals surface area contributed by atoms with Gasteiger partial charge < -0.3 is 4.90 Å². The second-order valence-corrected chi connectivity index (χ2v) is 4.78. The number of carbonyl (C=O) groups is 1. The highest BCUT2D eigenvalue weighted by atomic mass is 32.1. The molecule has 2 unspecified atom stereocenters. The van der Waals surface area contributed by atoms with Gasteiger partial charge in [-0.3, -0.25) is 9.69 Å². The van der Waals surface area contributed by atoms with Gasteiger partial charge in [0, 0.05) is 25.7 Å². The average Bonchev–Trinajstić information content (AvgIpc) is 2.17. The van der Waals surface area contributed by atoms with Crippen LogP contribution in [0.15, 0.2) is 0 Å². The van der Waals surface area contributed by atoms with Crippen molar-refractivity contribution < 1.29 is 4.79 Å². The molecule has 4 heteroatoms. The Kier molecular flexibility index (Phi) is 4.26. The third-order valence-corrected chi connectivity index (χ3v) is 3.14. The molecule has 1 rings (SSSR count). The van der Waals surface area contributed by atoms with E-state index in [1.165, 1.54) is 0 Å². The molecule has 14 heavy (non-hydrogen) atoms. The number of rotatable bonds is 2. The first-order chi connectivity index (χ1) is 6.56. The molecule has 3 nitrogen and oxygen atoms in total. The lowest BCUT2D eigenvalue weighted by atomic mass is 10.1. The molecule has 1 saturated heterocycles. The fourth-order valence-corrected chi connectivity index (χ4v) is 2.01. The van der Waals surface area contributed by atoms with Crippen LogP contribution in [0.5, 0.6) is 0 Å². The van der Waals surface area contributed by atoms with E-state index in [1.807, 2.05) is 11.8 Å². The number of likely N-dealkylation sites (N-methyl/N-ethyl adjacent to an activating group) is 1. The summed E-state index contributed by atoms with van der Waals surface area (Å²) in [6.45, 7) is 6.68. The summed E-state index contributed by atoms with van der Waals surface area (Å²) >= 11 is 4.18. The van der Waals surface area contributed by atoms with E-state index in [0.29, 0.717) is 6.04 Å². The Morgan fingerprint density at radius 1 is 1.57 bits per heavy atom. The standard InChI is InChI=1S/C10H20N2OS/c1-4-9-7-12(6-5-11(9)3)10(13)8(2)14/h8-9,14H,4-7H2,1-3H3. The fraction of sp³-hybridized carbons (Fsp3) is 0.900. The molecule has 0 aliphatic carbocycles. The topological polar surface area (TPSA) is 23.6 Å². The highest BCUT2D eigenvalue weighted by Crippen LogP contribution is 2.12. The fourth-order valence-electron chi connectivity index (χ4n) is 1.85. The molecule has 0 aromatic carbocycles. The van der Waals surface area contributed by atoms with Crippen molar-refractivity contribution in [1.82, 2.24) is 9.80 Å². The van der Waals surface area contributed by atoms with Crippen LogP contribution in [0.4, 0.5) is 0 Å². The number of hydrogen-bond donors (Lipinski definition) is 1. The average molecular weight is 216 g/mol. The maximum atomic E-state index is 11.7. The van der Waals surface area contributed by atoms with Crippen LogP contribution < -0.4 is 0 Å². The van der Waals surface area contributed by atoms with Crippen molar-refractivity contribution in [2.24, 2.45) is 0 Å². The first kappa shape index (κ1) is 11.9. The molecular weight excluding hydrogens is 196 g/mol. The minimum absolute atomic E-state index is 0.167. The van der Waals surface area contributed by atoms with Gasteiger partial charge in [-0.25, -0.2) is 0 Å². The highest BCUT2D eigenvalue weighted by Gasteiger charge is 2.27. The Balaban J connectivity index is 2.54. The van der Waals surface area contributed by atoms with E-state index < -0.39 is 0 Å². The molecule has 0 N–H and O–H groups in total. The van der Waals surface area contributed by atoms with Crippen molar-refractivity contribution in [2.75, 3.05) is 26.7 Å². The highest BCUT2D eigenvalue weighted by molar-refractivity contribution is 7.81. The second-order valence-electron chi connectivity index (χ2n) is 4.00. The van der Waals surface area contributed by atoms with Gasteiger partial charge in [0.25, 0.3) is 0 Å². The molecule has 1 heterocycles. The third kappa shape index (κ3) is 2.64. The SMILES string of the molecule is CCC1CN(C(=O)C(C)S)CCN1C. The Morgan fingerprint density at radius 2 is 2.21 bits per heavy atom. The zero-order valence-corrected chi connectivity index (χ0v) is 10.1. The normalized spacial score (nSPS) is 26.3. The Bertz CT molecular complexity index is 208. The minimum atomic E-state index is -0.170. The van der Waals surface area contributed by atoms with E-state index in [-0.39, 0.29) is 11.2 Å². The third-order valence-electron chi connectivity index (χ3n) is 2.92. The summed E-state index contributed by atoms with van der Waals surface area (Å²) in [5.41, 5.74) is 0. The predicted molar refractivity (Wildman–Crippen MR) is 61.7 cm³/mol. The van der Waals surface area contributed by atoms with Crippen molar-refractivity contribution in [1.29, 1.82) is 0 Å².